The molecule has 10 rings (SSSR count). The van der Waals surface area contributed by atoms with Crippen molar-refractivity contribution < 1.29 is 8.83 Å². The molecule has 0 bridgehead atoms. The molecule has 0 saturated heterocycles. The summed E-state index contributed by atoms with van der Waals surface area (Å²) in [4.78, 5) is 20.2. The maximum absolute atomic E-state index is 6.42. The van der Waals surface area contributed by atoms with Crippen LogP contribution in [0.4, 0.5) is 0 Å². The summed E-state index contributed by atoms with van der Waals surface area (Å²) >= 11 is 0. The summed E-state index contributed by atoms with van der Waals surface area (Å²) in [7, 11) is 0. The SMILES string of the molecule is c1ccc(-c2cccc(-c3nc(-c4ccc5ccccc5c4)nc(-c4cccc5oc6cc7oc(-c8ccccc8)nc7cc6c45)n3)c2)cc1. The first-order valence-corrected chi connectivity index (χ1v) is 16.5. The van der Waals surface area contributed by atoms with Gasteiger partial charge < -0.3 is 8.83 Å². The number of benzene rings is 7. The van der Waals surface area contributed by atoms with Crippen molar-refractivity contribution in [2.24, 2.45) is 0 Å². The molecule has 0 aliphatic carbocycles. The van der Waals surface area contributed by atoms with E-state index in [-0.39, 0.29) is 0 Å². The molecule has 6 nitrogen and oxygen atoms in total. The van der Waals surface area contributed by atoms with Crippen LogP contribution in [0, 0.1) is 0 Å². The summed E-state index contributed by atoms with van der Waals surface area (Å²) in [6, 6.07) is 53.2. The number of aromatic nitrogens is 4. The molecule has 234 valence electrons. The summed E-state index contributed by atoms with van der Waals surface area (Å²) in [5, 5.41) is 4.10. The van der Waals surface area contributed by atoms with Gasteiger partial charge in [0.05, 0.1) is 0 Å². The lowest BCUT2D eigenvalue weighted by molar-refractivity contribution is 0.617. The van der Waals surface area contributed by atoms with Crippen molar-refractivity contribution >= 4 is 43.8 Å². The molecule has 0 unspecified atom stereocenters. The van der Waals surface area contributed by atoms with Crippen LogP contribution in [-0.2, 0) is 0 Å². The van der Waals surface area contributed by atoms with Crippen LogP contribution in [0.3, 0.4) is 0 Å². The Labute approximate surface area is 286 Å². The van der Waals surface area contributed by atoms with E-state index in [1.54, 1.807) is 0 Å². The Morgan fingerprint density at radius 3 is 1.84 bits per heavy atom. The van der Waals surface area contributed by atoms with Crippen LogP contribution in [0.15, 0.2) is 167 Å². The van der Waals surface area contributed by atoms with Crippen molar-refractivity contribution in [1.29, 1.82) is 0 Å². The molecule has 7 aromatic carbocycles. The number of nitrogens with zero attached hydrogens (tertiary/aromatic N) is 4. The van der Waals surface area contributed by atoms with E-state index in [1.165, 1.54) is 0 Å². The van der Waals surface area contributed by atoms with Gasteiger partial charge in [0.25, 0.3) is 0 Å². The first-order chi connectivity index (χ1) is 24.7. The summed E-state index contributed by atoms with van der Waals surface area (Å²) in [6.45, 7) is 0. The summed E-state index contributed by atoms with van der Waals surface area (Å²) in [5.74, 6) is 2.31. The van der Waals surface area contributed by atoms with Gasteiger partial charge in [-0.05, 0) is 58.3 Å². The van der Waals surface area contributed by atoms with Crippen LogP contribution in [0.5, 0.6) is 0 Å². The van der Waals surface area contributed by atoms with E-state index in [0.29, 0.717) is 34.5 Å². The molecule has 0 atom stereocenters. The Balaban J connectivity index is 1.19. The van der Waals surface area contributed by atoms with Crippen molar-refractivity contribution in [2.45, 2.75) is 0 Å². The van der Waals surface area contributed by atoms with E-state index in [4.69, 9.17) is 28.8 Å². The van der Waals surface area contributed by atoms with Gasteiger partial charge in [-0.1, -0.05) is 115 Å². The number of rotatable bonds is 5. The molecular weight excluding hydrogens is 617 g/mol. The Morgan fingerprint density at radius 2 is 1.02 bits per heavy atom. The fourth-order valence-corrected chi connectivity index (χ4v) is 6.69. The predicted octanol–water partition coefficient (Wildman–Crippen LogP) is 11.4. The number of oxazole rings is 1. The zero-order chi connectivity index (χ0) is 33.0. The summed E-state index contributed by atoms with van der Waals surface area (Å²) in [5.41, 5.74) is 8.64. The fourth-order valence-electron chi connectivity index (χ4n) is 6.69. The second-order valence-corrected chi connectivity index (χ2v) is 12.3. The first-order valence-electron chi connectivity index (χ1n) is 16.5. The molecule has 0 radical (unpaired) electrons. The molecule has 0 aliphatic rings. The fraction of sp³-hybridized carbons (Fsp3) is 0. The van der Waals surface area contributed by atoms with E-state index in [9.17, 15) is 0 Å². The van der Waals surface area contributed by atoms with Crippen LogP contribution >= 0.6 is 0 Å². The maximum Gasteiger partial charge on any atom is 0.227 e. The van der Waals surface area contributed by atoms with Gasteiger partial charge in [0, 0.05) is 39.1 Å². The first kappa shape index (κ1) is 28.1. The smallest absolute Gasteiger partial charge is 0.227 e. The zero-order valence-electron chi connectivity index (χ0n) is 26.6. The number of fused-ring (bicyclic) bond motifs is 5. The Hall–Kier alpha value is -6.92. The monoisotopic (exact) mass is 642 g/mol. The third-order valence-electron chi connectivity index (χ3n) is 9.14. The van der Waals surface area contributed by atoms with Crippen molar-refractivity contribution in [3.63, 3.8) is 0 Å². The number of hydrogen-bond donors (Lipinski definition) is 0. The molecule has 10 aromatic rings. The average molecular weight is 643 g/mol. The minimum Gasteiger partial charge on any atom is -0.456 e. The Kier molecular flexibility index (Phi) is 6.39. The van der Waals surface area contributed by atoms with Gasteiger partial charge in [-0.3, -0.25) is 0 Å². The molecule has 3 aromatic heterocycles. The molecule has 0 aliphatic heterocycles. The lowest BCUT2D eigenvalue weighted by Crippen LogP contribution is -2.00. The second kappa shape index (κ2) is 11.4. The van der Waals surface area contributed by atoms with Gasteiger partial charge in [-0.2, -0.15) is 0 Å². The van der Waals surface area contributed by atoms with Gasteiger partial charge in [0.2, 0.25) is 5.89 Å². The number of hydrogen-bond acceptors (Lipinski definition) is 6. The minimum atomic E-state index is 0.557. The predicted molar refractivity (Wildman–Crippen MR) is 199 cm³/mol. The highest BCUT2D eigenvalue weighted by Crippen LogP contribution is 2.39. The molecule has 0 fully saturated rings. The molecule has 0 spiro atoms. The van der Waals surface area contributed by atoms with Crippen LogP contribution < -0.4 is 0 Å². The molecule has 0 N–H and O–H groups in total. The summed E-state index contributed by atoms with van der Waals surface area (Å²) < 4.78 is 12.6. The normalized spacial score (nSPS) is 11.6. The lowest BCUT2D eigenvalue weighted by Gasteiger charge is -2.11. The van der Waals surface area contributed by atoms with Crippen molar-refractivity contribution in [3.8, 4) is 56.7 Å². The Bertz CT molecular complexity index is 2880. The van der Waals surface area contributed by atoms with Crippen LogP contribution in [0.1, 0.15) is 0 Å². The van der Waals surface area contributed by atoms with E-state index in [2.05, 4.69) is 60.7 Å². The Morgan fingerprint density at radius 1 is 0.360 bits per heavy atom. The molecule has 0 saturated carbocycles. The standard InChI is InChI=1S/C44H26N4O2/c1-3-11-27(12-4-1)31-17-9-18-32(23-31)41-46-42(33-22-21-28-13-7-8-16-30(28)24-33)48-43(47-41)34-19-10-20-37-40(34)35-25-36-39(26-38(35)49-37)50-44(45-36)29-14-5-2-6-15-29/h1-26H. The highest BCUT2D eigenvalue weighted by Gasteiger charge is 2.20. The van der Waals surface area contributed by atoms with Crippen LogP contribution in [0.25, 0.3) is 101 Å². The second-order valence-electron chi connectivity index (χ2n) is 12.3. The van der Waals surface area contributed by atoms with E-state index in [1.807, 2.05) is 97.1 Å². The molecule has 6 heteroatoms. The van der Waals surface area contributed by atoms with Crippen LogP contribution in [0.2, 0.25) is 0 Å². The number of furan rings is 1. The van der Waals surface area contributed by atoms with Gasteiger partial charge in [0.15, 0.2) is 23.1 Å². The molecule has 50 heavy (non-hydrogen) atoms. The largest absolute Gasteiger partial charge is 0.456 e. The molecule has 3 heterocycles. The molecule has 0 amide bonds. The quantitative estimate of drug-likeness (QED) is 0.186. The topological polar surface area (TPSA) is 77.8 Å². The molecular formula is C44H26N4O2. The van der Waals surface area contributed by atoms with Crippen molar-refractivity contribution in [3.05, 3.63) is 158 Å². The van der Waals surface area contributed by atoms with Gasteiger partial charge in [-0.15, -0.1) is 0 Å². The van der Waals surface area contributed by atoms with E-state index >= 15 is 0 Å². The van der Waals surface area contributed by atoms with E-state index < -0.39 is 0 Å². The van der Waals surface area contributed by atoms with E-state index in [0.717, 1.165) is 66.0 Å². The minimum absolute atomic E-state index is 0.557. The zero-order valence-corrected chi connectivity index (χ0v) is 26.6. The van der Waals surface area contributed by atoms with Gasteiger partial charge in [0.1, 0.15) is 16.7 Å². The lowest BCUT2D eigenvalue weighted by atomic mass is 10.0. The van der Waals surface area contributed by atoms with Crippen molar-refractivity contribution in [1.82, 2.24) is 19.9 Å². The van der Waals surface area contributed by atoms with Crippen molar-refractivity contribution in [2.75, 3.05) is 0 Å². The summed E-state index contributed by atoms with van der Waals surface area (Å²) in [6.07, 6.45) is 0. The third-order valence-corrected chi connectivity index (χ3v) is 9.14. The van der Waals surface area contributed by atoms with Crippen LogP contribution in [-0.4, -0.2) is 19.9 Å². The van der Waals surface area contributed by atoms with Gasteiger partial charge in [-0.25, -0.2) is 19.9 Å². The highest BCUT2D eigenvalue weighted by molar-refractivity contribution is 6.14. The average Bonchev–Trinajstić information content (AvgIpc) is 3.78. The highest BCUT2D eigenvalue weighted by atomic mass is 16.4. The maximum atomic E-state index is 6.42. The van der Waals surface area contributed by atoms with Gasteiger partial charge >= 0.3 is 0 Å². The third kappa shape index (κ3) is 4.81.